The van der Waals surface area contributed by atoms with E-state index in [2.05, 4.69) is 9.62 Å². The van der Waals surface area contributed by atoms with E-state index in [4.69, 9.17) is 0 Å². The Morgan fingerprint density at radius 3 is 2.50 bits per heavy atom. The lowest BCUT2D eigenvalue weighted by Gasteiger charge is -2.29. The monoisotopic (exact) mass is 298 g/mol. The summed E-state index contributed by atoms with van der Waals surface area (Å²) in [5.74, 6) is 0. The molecule has 1 heterocycles. The normalized spacial score (nSPS) is 18.2. The van der Waals surface area contributed by atoms with Crippen molar-refractivity contribution >= 4 is 10.0 Å². The molecule has 0 unspecified atom stereocenters. The molecule has 1 aromatic carbocycles. The molecule has 0 aromatic heterocycles. The van der Waals surface area contributed by atoms with Crippen LogP contribution in [0.3, 0.4) is 0 Å². The largest absolute Gasteiger partial charge is 0.393 e. The number of hydrogen-bond donors (Lipinski definition) is 2. The molecule has 1 aromatic rings. The van der Waals surface area contributed by atoms with Crippen molar-refractivity contribution in [2.75, 3.05) is 26.2 Å². The van der Waals surface area contributed by atoms with Crippen molar-refractivity contribution in [3.8, 4) is 0 Å². The molecule has 1 saturated heterocycles. The number of benzene rings is 1. The summed E-state index contributed by atoms with van der Waals surface area (Å²) >= 11 is 0. The van der Waals surface area contributed by atoms with Gasteiger partial charge < -0.3 is 10.0 Å². The first-order valence-corrected chi connectivity index (χ1v) is 8.51. The van der Waals surface area contributed by atoms with Crippen LogP contribution in [0.15, 0.2) is 35.2 Å². The van der Waals surface area contributed by atoms with Crippen LogP contribution in [0.2, 0.25) is 0 Å². The van der Waals surface area contributed by atoms with E-state index in [0.717, 1.165) is 38.9 Å². The molecule has 0 bridgehead atoms. The Balaban J connectivity index is 1.71. The van der Waals surface area contributed by atoms with Crippen molar-refractivity contribution < 1.29 is 13.5 Å². The lowest BCUT2D eigenvalue weighted by molar-refractivity contribution is 0.0823. The van der Waals surface area contributed by atoms with Crippen LogP contribution < -0.4 is 4.72 Å². The van der Waals surface area contributed by atoms with E-state index in [1.165, 1.54) is 0 Å². The van der Waals surface area contributed by atoms with Gasteiger partial charge in [0.25, 0.3) is 0 Å². The third kappa shape index (κ3) is 4.56. The molecular formula is C14H22N2O3S. The number of nitrogens with zero attached hydrogens (tertiary/aromatic N) is 1. The molecule has 0 atom stereocenters. The molecule has 2 rings (SSSR count). The minimum Gasteiger partial charge on any atom is -0.393 e. The van der Waals surface area contributed by atoms with Gasteiger partial charge >= 0.3 is 0 Å². The topological polar surface area (TPSA) is 69.6 Å². The van der Waals surface area contributed by atoms with Gasteiger partial charge in [-0.1, -0.05) is 18.2 Å². The fraction of sp³-hybridized carbons (Fsp3) is 0.571. The second-order valence-corrected chi connectivity index (χ2v) is 6.90. The van der Waals surface area contributed by atoms with Crippen molar-refractivity contribution in [2.24, 2.45) is 0 Å². The number of nitrogens with one attached hydrogen (secondary N) is 1. The van der Waals surface area contributed by atoms with Gasteiger partial charge in [-0.3, -0.25) is 0 Å². The van der Waals surface area contributed by atoms with Gasteiger partial charge in [0, 0.05) is 19.6 Å². The van der Waals surface area contributed by atoms with Crippen molar-refractivity contribution in [3.05, 3.63) is 30.3 Å². The van der Waals surface area contributed by atoms with Gasteiger partial charge in [0.15, 0.2) is 0 Å². The summed E-state index contributed by atoms with van der Waals surface area (Å²) < 4.78 is 26.6. The first kappa shape index (κ1) is 15.4. The van der Waals surface area contributed by atoms with Crippen LogP contribution in [0, 0.1) is 0 Å². The van der Waals surface area contributed by atoms with Crippen molar-refractivity contribution in [3.63, 3.8) is 0 Å². The predicted octanol–water partition coefficient (Wildman–Crippen LogP) is 0.812. The van der Waals surface area contributed by atoms with Crippen LogP contribution in [0.25, 0.3) is 0 Å². The molecule has 0 amide bonds. The number of aliphatic hydroxyl groups is 1. The number of aliphatic hydroxyl groups excluding tert-OH is 1. The molecule has 0 radical (unpaired) electrons. The molecule has 0 saturated carbocycles. The molecule has 1 aliphatic heterocycles. The highest BCUT2D eigenvalue weighted by Gasteiger charge is 2.17. The Morgan fingerprint density at radius 1 is 1.20 bits per heavy atom. The highest BCUT2D eigenvalue weighted by molar-refractivity contribution is 7.89. The van der Waals surface area contributed by atoms with Crippen molar-refractivity contribution in [2.45, 2.75) is 30.3 Å². The standard InChI is InChI=1S/C14H22N2O3S/c17-13-7-11-16(12-8-13)10-4-9-15-20(18,19)14-5-2-1-3-6-14/h1-3,5-6,13,15,17H,4,7-12H2. The summed E-state index contributed by atoms with van der Waals surface area (Å²) in [5, 5.41) is 9.41. The molecule has 6 heteroatoms. The Labute approximate surface area is 120 Å². The van der Waals surface area contributed by atoms with Gasteiger partial charge in [0.2, 0.25) is 10.0 Å². The van der Waals surface area contributed by atoms with E-state index in [1.54, 1.807) is 30.3 Å². The van der Waals surface area contributed by atoms with Gasteiger partial charge in [0.1, 0.15) is 0 Å². The van der Waals surface area contributed by atoms with Crippen molar-refractivity contribution in [1.82, 2.24) is 9.62 Å². The summed E-state index contributed by atoms with van der Waals surface area (Å²) in [4.78, 5) is 2.57. The minimum atomic E-state index is -3.38. The Morgan fingerprint density at radius 2 is 1.85 bits per heavy atom. The Hall–Kier alpha value is -0.950. The average molecular weight is 298 g/mol. The minimum absolute atomic E-state index is 0.164. The van der Waals surface area contributed by atoms with Crippen LogP contribution in [-0.4, -0.2) is 50.7 Å². The first-order valence-electron chi connectivity index (χ1n) is 7.03. The molecule has 1 aliphatic rings. The van der Waals surface area contributed by atoms with Gasteiger partial charge in [-0.2, -0.15) is 0 Å². The predicted molar refractivity (Wildman–Crippen MR) is 77.9 cm³/mol. The molecule has 2 N–H and O–H groups in total. The second kappa shape index (κ2) is 7.17. The number of likely N-dealkylation sites (tertiary alicyclic amines) is 1. The lowest BCUT2D eigenvalue weighted by Crippen LogP contribution is -2.37. The SMILES string of the molecule is O=S(=O)(NCCCN1CCC(O)CC1)c1ccccc1. The van der Waals surface area contributed by atoms with Gasteiger partial charge in [-0.15, -0.1) is 0 Å². The maximum atomic E-state index is 12.0. The fourth-order valence-corrected chi connectivity index (χ4v) is 3.43. The highest BCUT2D eigenvalue weighted by Crippen LogP contribution is 2.10. The van der Waals surface area contributed by atoms with Gasteiger partial charge in [-0.25, -0.2) is 13.1 Å². The summed E-state index contributed by atoms with van der Waals surface area (Å²) in [5.41, 5.74) is 0. The van der Waals surface area contributed by atoms with E-state index in [1.807, 2.05) is 0 Å². The summed E-state index contributed by atoms with van der Waals surface area (Å²) in [7, 11) is -3.38. The van der Waals surface area contributed by atoms with Crippen LogP contribution in [-0.2, 0) is 10.0 Å². The Kier molecular flexibility index (Phi) is 5.54. The number of piperidine rings is 1. The molecule has 0 aliphatic carbocycles. The second-order valence-electron chi connectivity index (χ2n) is 5.14. The highest BCUT2D eigenvalue weighted by atomic mass is 32.2. The molecular weight excluding hydrogens is 276 g/mol. The zero-order valence-corrected chi connectivity index (χ0v) is 12.3. The van der Waals surface area contributed by atoms with Crippen molar-refractivity contribution in [1.29, 1.82) is 0 Å². The molecule has 0 spiro atoms. The van der Waals surface area contributed by atoms with Crippen LogP contribution in [0.4, 0.5) is 0 Å². The quantitative estimate of drug-likeness (QED) is 0.763. The van der Waals surface area contributed by atoms with E-state index in [-0.39, 0.29) is 6.10 Å². The summed E-state index contributed by atoms with van der Waals surface area (Å²) in [6.07, 6.45) is 2.25. The third-order valence-electron chi connectivity index (χ3n) is 3.55. The number of hydrogen-bond acceptors (Lipinski definition) is 4. The smallest absolute Gasteiger partial charge is 0.240 e. The fourth-order valence-electron chi connectivity index (χ4n) is 2.34. The molecule has 112 valence electrons. The zero-order chi connectivity index (χ0) is 14.4. The zero-order valence-electron chi connectivity index (χ0n) is 11.5. The summed E-state index contributed by atoms with van der Waals surface area (Å²) in [6.45, 7) is 3.10. The molecule has 1 fully saturated rings. The molecule has 20 heavy (non-hydrogen) atoms. The number of rotatable bonds is 6. The first-order chi connectivity index (χ1) is 9.58. The maximum Gasteiger partial charge on any atom is 0.240 e. The van der Waals surface area contributed by atoms with E-state index in [9.17, 15) is 13.5 Å². The number of sulfonamides is 1. The van der Waals surface area contributed by atoms with E-state index in [0.29, 0.717) is 11.4 Å². The third-order valence-corrected chi connectivity index (χ3v) is 5.03. The molecule has 5 nitrogen and oxygen atoms in total. The average Bonchev–Trinajstić information content (AvgIpc) is 2.46. The van der Waals surface area contributed by atoms with Crippen LogP contribution in [0.1, 0.15) is 19.3 Å². The van der Waals surface area contributed by atoms with Gasteiger partial charge in [0.05, 0.1) is 11.0 Å². The lowest BCUT2D eigenvalue weighted by atomic mass is 10.1. The van der Waals surface area contributed by atoms with Crippen LogP contribution >= 0.6 is 0 Å². The van der Waals surface area contributed by atoms with Gasteiger partial charge in [-0.05, 0) is 37.9 Å². The maximum absolute atomic E-state index is 12.0. The van der Waals surface area contributed by atoms with Crippen LogP contribution in [0.5, 0.6) is 0 Å². The Bertz CT molecular complexity index is 496. The van der Waals surface area contributed by atoms with E-state index < -0.39 is 10.0 Å². The summed E-state index contributed by atoms with van der Waals surface area (Å²) in [6, 6.07) is 8.41. The van der Waals surface area contributed by atoms with E-state index >= 15 is 0 Å².